The summed E-state index contributed by atoms with van der Waals surface area (Å²) in [4.78, 5) is 11.9. The molecular formula is C12H20N4O. The fourth-order valence-corrected chi connectivity index (χ4v) is 2.09. The Kier molecular flexibility index (Phi) is 2.85. The standard InChI is InChI=1S/C12H20N4O/c1-8(2)12(4-5-12)7-14-11(17)9-6-15-16(3)10(9)13/h6,8H,4-5,7,13H2,1-3H3,(H,14,17). The van der Waals surface area contributed by atoms with E-state index in [9.17, 15) is 4.79 Å². The summed E-state index contributed by atoms with van der Waals surface area (Å²) in [6.07, 6.45) is 3.92. The normalized spacial score (nSPS) is 17.2. The van der Waals surface area contributed by atoms with Gasteiger partial charge in [0.2, 0.25) is 0 Å². The molecule has 1 fully saturated rings. The largest absolute Gasteiger partial charge is 0.383 e. The summed E-state index contributed by atoms with van der Waals surface area (Å²) in [5.74, 6) is 0.897. The first-order chi connectivity index (χ1) is 7.96. The number of carbonyl (C=O) groups is 1. The van der Waals surface area contributed by atoms with Crippen molar-refractivity contribution in [3.05, 3.63) is 11.8 Å². The second-order valence-corrected chi connectivity index (χ2v) is 5.27. The number of rotatable bonds is 4. The van der Waals surface area contributed by atoms with Gasteiger partial charge in [-0.1, -0.05) is 13.8 Å². The first-order valence-corrected chi connectivity index (χ1v) is 6.02. The van der Waals surface area contributed by atoms with Crippen molar-refractivity contribution < 1.29 is 4.79 Å². The summed E-state index contributed by atoms with van der Waals surface area (Å²) < 4.78 is 1.50. The third-order valence-electron chi connectivity index (χ3n) is 3.95. The fraction of sp³-hybridized carbons (Fsp3) is 0.667. The first kappa shape index (κ1) is 12.0. The zero-order chi connectivity index (χ0) is 12.6. The van der Waals surface area contributed by atoms with Gasteiger partial charge in [-0.05, 0) is 24.2 Å². The lowest BCUT2D eigenvalue weighted by Gasteiger charge is -2.19. The molecule has 2 rings (SSSR count). The molecule has 0 unspecified atom stereocenters. The minimum absolute atomic E-state index is 0.123. The Morgan fingerprint density at radius 1 is 1.65 bits per heavy atom. The van der Waals surface area contributed by atoms with Crippen LogP contribution >= 0.6 is 0 Å². The predicted molar refractivity (Wildman–Crippen MR) is 66.5 cm³/mol. The van der Waals surface area contributed by atoms with E-state index in [1.165, 1.54) is 23.7 Å². The second-order valence-electron chi connectivity index (χ2n) is 5.27. The van der Waals surface area contributed by atoms with Gasteiger partial charge in [0.05, 0.1) is 6.20 Å². The van der Waals surface area contributed by atoms with Gasteiger partial charge in [0.1, 0.15) is 11.4 Å². The summed E-state index contributed by atoms with van der Waals surface area (Å²) in [5.41, 5.74) is 6.53. The molecule has 17 heavy (non-hydrogen) atoms. The molecule has 0 atom stereocenters. The van der Waals surface area contributed by atoms with Crippen LogP contribution in [-0.2, 0) is 7.05 Å². The fourth-order valence-electron chi connectivity index (χ4n) is 2.09. The van der Waals surface area contributed by atoms with Crippen molar-refractivity contribution in [1.82, 2.24) is 15.1 Å². The molecule has 0 aliphatic heterocycles. The molecule has 0 aromatic carbocycles. The second kappa shape index (κ2) is 4.05. The van der Waals surface area contributed by atoms with Gasteiger partial charge < -0.3 is 11.1 Å². The Hall–Kier alpha value is -1.52. The maximum Gasteiger partial charge on any atom is 0.256 e. The Balaban J connectivity index is 1.97. The molecule has 5 nitrogen and oxygen atoms in total. The van der Waals surface area contributed by atoms with Gasteiger partial charge in [0.25, 0.3) is 5.91 Å². The van der Waals surface area contributed by atoms with Crippen LogP contribution in [0.25, 0.3) is 0 Å². The van der Waals surface area contributed by atoms with Crippen molar-refractivity contribution >= 4 is 11.7 Å². The van der Waals surface area contributed by atoms with Gasteiger partial charge >= 0.3 is 0 Å². The van der Waals surface area contributed by atoms with Crippen molar-refractivity contribution in [2.75, 3.05) is 12.3 Å². The van der Waals surface area contributed by atoms with E-state index in [0.717, 1.165) is 6.54 Å². The molecule has 0 bridgehead atoms. The number of hydrogen-bond donors (Lipinski definition) is 2. The highest BCUT2D eigenvalue weighted by molar-refractivity contribution is 5.98. The molecule has 0 saturated heterocycles. The average molecular weight is 236 g/mol. The van der Waals surface area contributed by atoms with Crippen molar-refractivity contribution in [2.24, 2.45) is 18.4 Å². The van der Waals surface area contributed by atoms with E-state index in [0.29, 0.717) is 22.7 Å². The molecule has 1 aliphatic rings. The smallest absolute Gasteiger partial charge is 0.256 e. The minimum Gasteiger partial charge on any atom is -0.383 e. The number of anilines is 1. The first-order valence-electron chi connectivity index (χ1n) is 6.02. The van der Waals surface area contributed by atoms with Gasteiger partial charge in [0.15, 0.2) is 0 Å². The molecule has 0 spiro atoms. The zero-order valence-electron chi connectivity index (χ0n) is 10.7. The van der Waals surface area contributed by atoms with Crippen LogP contribution in [-0.4, -0.2) is 22.2 Å². The number of amides is 1. The number of aryl methyl sites for hydroxylation is 1. The van der Waals surface area contributed by atoms with Crippen LogP contribution < -0.4 is 11.1 Å². The van der Waals surface area contributed by atoms with Crippen LogP contribution in [0.4, 0.5) is 5.82 Å². The van der Waals surface area contributed by atoms with E-state index in [1.54, 1.807) is 7.05 Å². The van der Waals surface area contributed by atoms with Crippen LogP contribution in [0, 0.1) is 11.3 Å². The number of nitrogens with two attached hydrogens (primary N) is 1. The van der Waals surface area contributed by atoms with E-state index in [-0.39, 0.29) is 5.91 Å². The Labute approximate surface area is 101 Å². The summed E-state index contributed by atoms with van der Waals surface area (Å²) in [6, 6.07) is 0. The summed E-state index contributed by atoms with van der Waals surface area (Å²) in [5, 5.41) is 6.93. The molecule has 1 aromatic rings. The molecule has 1 amide bonds. The molecule has 1 saturated carbocycles. The van der Waals surface area contributed by atoms with E-state index in [2.05, 4.69) is 24.3 Å². The minimum atomic E-state index is -0.123. The highest BCUT2D eigenvalue weighted by atomic mass is 16.1. The van der Waals surface area contributed by atoms with Crippen molar-refractivity contribution in [3.8, 4) is 0 Å². The molecule has 1 aliphatic carbocycles. The van der Waals surface area contributed by atoms with Gasteiger partial charge in [0, 0.05) is 13.6 Å². The van der Waals surface area contributed by atoms with Gasteiger partial charge in [-0.3, -0.25) is 9.48 Å². The molecule has 1 aromatic heterocycles. The SMILES string of the molecule is CC(C)C1(CNC(=O)c2cnn(C)c2N)CC1. The van der Waals surface area contributed by atoms with E-state index in [4.69, 9.17) is 5.73 Å². The molecule has 0 radical (unpaired) electrons. The highest BCUT2D eigenvalue weighted by Gasteiger charge is 2.45. The lowest BCUT2D eigenvalue weighted by molar-refractivity contribution is 0.0940. The summed E-state index contributed by atoms with van der Waals surface area (Å²) in [7, 11) is 1.72. The van der Waals surface area contributed by atoms with Crippen molar-refractivity contribution in [3.63, 3.8) is 0 Å². The maximum absolute atomic E-state index is 11.9. The molecule has 3 N–H and O–H groups in total. The Morgan fingerprint density at radius 3 is 2.71 bits per heavy atom. The number of nitrogen functional groups attached to an aromatic ring is 1. The molecule has 94 valence electrons. The van der Waals surface area contributed by atoms with E-state index >= 15 is 0 Å². The molecule has 1 heterocycles. The van der Waals surface area contributed by atoms with Gasteiger partial charge in [-0.25, -0.2) is 0 Å². The topological polar surface area (TPSA) is 72.9 Å². The number of nitrogens with zero attached hydrogens (tertiary/aromatic N) is 2. The van der Waals surface area contributed by atoms with Crippen molar-refractivity contribution in [2.45, 2.75) is 26.7 Å². The van der Waals surface area contributed by atoms with Crippen LogP contribution in [0.5, 0.6) is 0 Å². The third kappa shape index (κ3) is 2.14. The monoisotopic (exact) mass is 236 g/mol. The predicted octanol–water partition coefficient (Wildman–Crippen LogP) is 1.17. The number of carbonyl (C=O) groups excluding carboxylic acids is 1. The third-order valence-corrected chi connectivity index (χ3v) is 3.95. The van der Waals surface area contributed by atoms with Crippen molar-refractivity contribution in [1.29, 1.82) is 0 Å². The quantitative estimate of drug-likeness (QED) is 0.824. The maximum atomic E-state index is 11.9. The number of aromatic nitrogens is 2. The van der Waals surface area contributed by atoms with Crippen LogP contribution in [0.15, 0.2) is 6.20 Å². The van der Waals surface area contributed by atoms with Crippen LogP contribution in [0.1, 0.15) is 37.0 Å². The Bertz CT molecular complexity index is 432. The van der Waals surface area contributed by atoms with Gasteiger partial charge in [-0.15, -0.1) is 0 Å². The van der Waals surface area contributed by atoms with Crippen LogP contribution in [0.3, 0.4) is 0 Å². The zero-order valence-corrected chi connectivity index (χ0v) is 10.7. The van der Waals surface area contributed by atoms with E-state index < -0.39 is 0 Å². The van der Waals surface area contributed by atoms with Gasteiger partial charge in [-0.2, -0.15) is 5.10 Å². The molecule has 5 heteroatoms. The van der Waals surface area contributed by atoms with E-state index in [1.807, 2.05) is 0 Å². The lowest BCUT2D eigenvalue weighted by atomic mass is 9.92. The van der Waals surface area contributed by atoms with Crippen LogP contribution in [0.2, 0.25) is 0 Å². The number of hydrogen-bond acceptors (Lipinski definition) is 3. The average Bonchev–Trinajstić information content (AvgIpc) is 3.00. The lowest BCUT2D eigenvalue weighted by Crippen LogP contribution is -2.32. The highest BCUT2D eigenvalue weighted by Crippen LogP contribution is 2.51. The summed E-state index contributed by atoms with van der Waals surface area (Å²) >= 11 is 0. The molecular weight excluding hydrogens is 216 g/mol. The Morgan fingerprint density at radius 2 is 2.29 bits per heavy atom. The number of nitrogens with one attached hydrogen (secondary N) is 1. The summed E-state index contributed by atoms with van der Waals surface area (Å²) in [6.45, 7) is 5.15.